The number of hydrogen-bond acceptors (Lipinski definition) is 4. The van der Waals surface area contributed by atoms with Gasteiger partial charge in [0.15, 0.2) is 0 Å². The molecule has 0 radical (unpaired) electrons. The van der Waals surface area contributed by atoms with Crippen molar-refractivity contribution in [3.05, 3.63) is 21.9 Å². The van der Waals surface area contributed by atoms with Gasteiger partial charge in [-0.05, 0) is 11.4 Å². The fraction of sp³-hybridized carbons (Fsp3) is 0.462. The first kappa shape index (κ1) is 13.5. The average Bonchev–Trinajstić information content (AvgIpc) is 2.88. The molecule has 2 rings (SSSR count). The first-order chi connectivity index (χ1) is 8.83. The molecule has 96 valence electrons. The number of nitrogens with zero attached hydrogens (tertiary/aromatic N) is 1. The van der Waals surface area contributed by atoms with Crippen LogP contribution in [0.3, 0.4) is 0 Å². The first-order valence-electron chi connectivity index (χ1n) is 5.87. The van der Waals surface area contributed by atoms with Crippen molar-refractivity contribution in [2.75, 3.05) is 31.2 Å². The van der Waals surface area contributed by atoms with Crippen molar-refractivity contribution in [3.8, 4) is 11.8 Å². The van der Waals surface area contributed by atoms with Crippen molar-refractivity contribution in [1.82, 2.24) is 4.90 Å². The van der Waals surface area contributed by atoms with Crippen LogP contribution in [0.5, 0.6) is 0 Å². The molecule has 0 aromatic carbocycles. The summed E-state index contributed by atoms with van der Waals surface area (Å²) in [6.07, 6.45) is 0.448. The molecule has 0 bridgehead atoms. The summed E-state index contributed by atoms with van der Waals surface area (Å²) < 4.78 is 0. The van der Waals surface area contributed by atoms with E-state index >= 15 is 0 Å². The van der Waals surface area contributed by atoms with E-state index < -0.39 is 0 Å². The lowest BCUT2D eigenvalue weighted by Crippen LogP contribution is -2.37. The molecule has 1 aliphatic rings. The van der Waals surface area contributed by atoms with Gasteiger partial charge in [-0.15, -0.1) is 11.3 Å². The normalized spacial score (nSPS) is 15.1. The van der Waals surface area contributed by atoms with Gasteiger partial charge in [0, 0.05) is 36.6 Å². The zero-order chi connectivity index (χ0) is 12.8. The molecular formula is C13H15NO2S2. The molecule has 1 aromatic heterocycles. The lowest BCUT2D eigenvalue weighted by Gasteiger charge is -2.26. The van der Waals surface area contributed by atoms with Crippen molar-refractivity contribution >= 4 is 29.0 Å². The van der Waals surface area contributed by atoms with E-state index in [1.807, 2.05) is 28.1 Å². The van der Waals surface area contributed by atoms with Crippen molar-refractivity contribution in [1.29, 1.82) is 0 Å². The van der Waals surface area contributed by atoms with Crippen molar-refractivity contribution in [2.24, 2.45) is 0 Å². The van der Waals surface area contributed by atoms with E-state index in [9.17, 15) is 4.79 Å². The average molecular weight is 281 g/mol. The van der Waals surface area contributed by atoms with Gasteiger partial charge in [-0.1, -0.05) is 11.8 Å². The maximum absolute atomic E-state index is 12.3. The van der Waals surface area contributed by atoms with Crippen LogP contribution in [0, 0.1) is 11.8 Å². The van der Waals surface area contributed by atoms with Crippen molar-refractivity contribution in [3.63, 3.8) is 0 Å². The Balaban J connectivity index is 2.10. The van der Waals surface area contributed by atoms with Crippen LogP contribution in [-0.4, -0.2) is 47.1 Å². The highest BCUT2D eigenvalue weighted by Crippen LogP contribution is 2.20. The van der Waals surface area contributed by atoms with Crippen molar-refractivity contribution in [2.45, 2.75) is 6.42 Å². The zero-order valence-electron chi connectivity index (χ0n) is 10.0. The number of rotatable bonds is 2. The van der Waals surface area contributed by atoms with Gasteiger partial charge in [-0.25, -0.2) is 0 Å². The lowest BCUT2D eigenvalue weighted by atomic mass is 10.2. The lowest BCUT2D eigenvalue weighted by molar-refractivity contribution is 0.0777. The quantitative estimate of drug-likeness (QED) is 0.838. The Labute approximate surface area is 115 Å². The second-order valence-electron chi connectivity index (χ2n) is 3.84. The van der Waals surface area contributed by atoms with Crippen LogP contribution in [0.25, 0.3) is 0 Å². The Morgan fingerprint density at radius 3 is 2.94 bits per heavy atom. The Morgan fingerprint density at radius 1 is 1.44 bits per heavy atom. The number of aliphatic hydroxyl groups excluding tert-OH is 1. The van der Waals surface area contributed by atoms with Gasteiger partial charge in [0.05, 0.1) is 6.61 Å². The van der Waals surface area contributed by atoms with E-state index in [1.54, 1.807) is 0 Å². The molecule has 0 spiro atoms. The summed E-state index contributed by atoms with van der Waals surface area (Å²) in [6.45, 7) is 1.71. The predicted octanol–water partition coefficient (Wildman–Crippen LogP) is 1.67. The van der Waals surface area contributed by atoms with Gasteiger partial charge >= 0.3 is 0 Å². The van der Waals surface area contributed by atoms with Gasteiger partial charge in [-0.2, -0.15) is 11.8 Å². The van der Waals surface area contributed by atoms with Crippen LogP contribution < -0.4 is 0 Å². The van der Waals surface area contributed by atoms with Gasteiger partial charge in [0.1, 0.15) is 4.88 Å². The summed E-state index contributed by atoms with van der Waals surface area (Å²) in [6, 6.07) is 1.88. The van der Waals surface area contributed by atoms with Gasteiger partial charge in [-0.3, -0.25) is 4.79 Å². The first-order valence-corrected chi connectivity index (χ1v) is 7.90. The third-order valence-electron chi connectivity index (χ3n) is 2.62. The molecule has 1 aromatic rings. The molecule has 1 aliphatic heterocycles. The molecule has 0 unspecified atom stereocenters. The molecular weight excluding hydrogens is 266 g/mol. The molecule has 5 heteroatoms. The second-order valence-corrected chi connectivity index (χ2v) is 5.98. The van der Waals surface area contributed by atoms with E-state index in [4.69, 9.17) is 5.11 Å². The van der Waals surface area contributed by atoms with Crippen LogP contribution >= 0.6 is 23.1 Å². The van der Waals surface area contributed by atoms with E-state index in [0.29, 0.717) is 6.42 Å². The summed E-state index contributed by atoms with van der Waals surface area (Å²) >= 11 is 3.33. The van der Waals surface area contributed by atoms with Crippen LogP contribution in [0.1, 0.15) is 21.7 Å². The fourth-order valence-electron chi connectivity index (χ4n) is 1.70. The van der Waals surface area contributed by atoms with Gasteiger partial charge < -0.3 is 10.0 Å². The van der Waals surface area contributed by atoms with Gasteiger partial charge in [0.25, 0.3) is 5.91 Å². The summed E-state index contributed by atoms with van der Waals surface area (Å²) in [7, 11) is 0. The highest BCUT2D eigenvalue weighted by atomic mass is 32.2. The third kappa shape index (κ3) is 3.29. The minimum absolute atomic E-state index is 0.0593. The maximum atomic E-state index is 12.3. The van der Waals surface area contributed by atoms with E-state index in [0.717, 1.165) is 35.0 Å². The monoisotopic (exact) mass is 281 g/mol. The largest absolute Gasteiger partial charge is 0.395 e. The SMILES string of the molecule is O=C(c1sccc1C#CCCO)N1CCSCC1. The molecule has 1 N–H and O–H groups in total. The Bertz CT molecular complexity index is 467. The number of thioether (sulfide) groups is 1. The number of carbonyl (C=O) groups is 1. The molecule has 0 atom stereocenters. The standard InChI is InChI=1S/C13H15NO2S2/c15-7-2-1-3-11-4-8-18-12(11)13(16)14-5-9-17-10-6-14/h4,8,15H,2,5-7,9-10H2. The topological polar surface area (TPSA) is 40.5 Å². The molecule has 18 heavy (non-hydrogen) atoms. The minimum Gasteiger partial charge on any atom is -0.395 e. The summed E-state index contributed by atoms with van der Waals surface area (Å²) in [4.78, 5) is 15.0. The minimum atomic E-state index is 0.0593. The highest BCUT2D eigenvalue weighted by molar-refractivity contribution is 7.99. The van der Waals surface area contributed by atoms with E-state index in [-0.39, 0.29) is 12.5 Å². The number of hydrogen-bond donors (Lipinski definition) is 1. The molecule has 1 amide bonds. The summed E-state index contributed by atoms with van der Waals surface area (Å²) in [5.41, 5.74) is 0.789. The van der Waals surface area contributed by atoms with E-state index in [1.165, 1.54) is 11.3 Å². The highest BCUT2D eigenvalue weighted by Gasteiger charge is 2.21. The summed E-state index contributed by atoms with van der Waals surface area (Å²) in [5.74, 6) is 7.96. The molecule has 2 heterocycles. The predicted molar refractivity (Wildman–Crippen MR) is 76.1 cm³/mol. The fourth-order valence-corrected chi connectivity index (χ4v) is 3.42. The van der Waals surface area contributed by atoms with Crippen LogP contribution in [-0.2, 0) is 0 Å². The third-order valence-corrected chi connectivity index (χ3v) is 4.46. The van der Waals surface area contributed by atoms with Gasteiger partial charge in [0.2, 0.25) is 0 Å². The summed E-state index contributed by atoms with van der Waals surface area (Å²) in [5, 5.41) is 10.6. The van der Waals surface area contributed by atoms with Crippen molar-refractivity contribution < 1.29 is 9.90 Å². The molecule has 1 saturated heterocycles. The number of amides is 1. The molecule has 0 aliphatic carbocycles. The molecule has 1 fully saturated rings. The smallest absolute Gasteiger partial charge is 0.265 e. The zero-order valence-corrected chi connectivity index (χ0v) is 11.6. The Morgan fingerprint density at radius 2 is 2.22 bits per heavy atom. The van der Waals surface area contributed by atoms with Crippen LogP contribution in [0.15, 0.2) is 11.4 Å². The number of thiophene rings is 1. The number of carbonyl (C=O) groups excluding carboxylic acids is 1. The van der Waals surface area contributed by atoms with Crippen LogP contribution in [0.4, 0.5) is 0 Å². The second kappa shape index (κ2) is 6.83. The Hall–Kier alpha value is -0.960. The number of aliphatic hydroxyl groups is 1. The van der Waals surface area contributed by atoms with E-state index in [2.05, 4.69) is 11.8 Å². The molecule has 3 nitrogen and oxygen atoms in total. The molecule has 0 saturated carbocycles. The Kier molecular flexibility index (Phi) is 5.12. The maximum Gasteiger partial charge on any atom is 0.265 e. The van der Waals surface area contributed by atoms with Crippen LogP contribution in [0.2, 0.25) is 0 Å².